The number of anilines is 1. The summed E-state index contributed by atoms with van der Waals surface area (Å²) in [5.41, 5.74) is 0.989. The lowest BCUT2D eigenvalue weighted by molar-refractivity contribution is -0.131. The smallest absolute Gasteiger partial charge is 0.308 e. The van der Waals surface area contributed by atoms with Gasteiger partial charge in [-0.05, 0) is 42.5 Å². The second kappa shape index (κ2) is 6.95. The van der Waals surface area contributed by atoms with E-state index in [1.54, 1.807) is 36.4 Å². The second-order valence-electron chi connectivity index (χ2n) is 4.42. The molecule has 0 spiro atoms. The molecule has 1 amide bonds. The number of rotatable bonds is 4. The van der Waals surface area contributed by atoms with Gasteiger partial charge in [-0.2, -0.15) is 0 Å². The average molecular weight is 320 g/mol. The molecule has 0 bridgehead atoms. The normalized spacial score (nSPS) is 9.95. The summed E-state index contributed by atoms with van der Waals surface area (Å²) in [6, 6.07) is 11.2. The van der Waals surface area contributed by atoms with Gasteiger partial charge >= 0.3 is 5.97 Å². The fourth-order valence-corrected chi connectivity index (χ4v) is 2.04. The Morgan fingerprint density at radius 1 is 1.09 bits per heavy atom. The van der Waals surface area contributed by atoms with Crippen molar-refractivity contribution >= 4 is 29.2 Å². The van der Waals surface area contributed by atoms with Crippen molar-refractivity contribution in [2.45, 2.75) is 6.92 Å². The predicted molar refractivity (Wildman–Crippen MR) is 83.7 cm³/mol. The molecule has 6 heteroatoms. The first-order chi connectivity index (χ1) is 10.5. The van der Waals surface area contributed by atoms with Crippen LogP contribution in [0.1, 0.15) is 17.3 Å². The first kappa shape index (κ1) is 15.9. The molecule has 114 valence electrons. The SMILES string of the molecule is COc1ccc(C(=O)Nc2ccc(OC(C)=O)cc2)cc1Cl. The van der Waals surface area contributed by atoms with Crippen LogP contribution in [0.15, 0.2) is 42.5 Å². The van der Waals surface area contributed by atoms with Gasteiger partial charge in [0.15, 0.2) is 0 Å². The second-order valence-corrected chi connectivity index (χ2v) is 4.83. The zero-order valence-corrected chi connectivity index (χ0v) is 12.8. The van der Waals surface area contributed by atoms with E-state index < -0.39 is 5.97 Å². The van der Waals surface area contributed by atoms with E-state index in [-0.39, 0.29) is 5.91 Å². The third-order valence-electron chi connectivity index (χ3n) is 2.79. The summed E-state index contributed by atoms with van der Waals surface area (Å²) in [4.78, 5) is 23.0. The first-order valence-electron chi connectivity index (χ1n) is 6.43. The molecule has 0 aromatic heterocycles. The van der Waals surface area contributed by atoms with Crippen molar-refractivity contribution in [3.63, 3.8) is 0 Å². The van der Waals surface area contributed by atoms with E-state index in [9.17, 15) is 9.59 Å². The molecule has 2 aromatic carbocycles. The van der Waals surface area contributed by atoms with Crippen LogP contribution in [0, 0.1) is 0 Å². The molecule has 0 radical (unpaired) electrons. The van der Waals surface area contributed by atoms with E-state index >= 15 is 0 Å². The fraction of sp³-hybridized carbons (Fsp3) is 0.125. The van der Waals surface area contributed by atoms with E-state index in [1.165, 1.54) is 20.1 Å². The van der Waals surface area contributed by atoms with Crippen LogP contribution in [0.5, 0.6) is 11.5 Å². The van der Waals surface area contributed by atoms with E-state index in [0.29, 0.717) is 27.8 Å². The molecule has 0 unspecified atom stereocenters. The van der Waals surface area contributed by atoms with Crippen LogP contribution in [0.3, 0.4) is 0 Å². The Bertz CT molecular complexity index is 698. The molecule has 0 aliphatic heterocycles. The summed E-state index contributed by atoms with van der Waals surface area (Å²) in [7, 11) is 1.51. The van der Waals surface area contributed by atoms with Crippen LogP contribution in [-0.4, -0.2) is 19.0 Å². The molecule has 2 aromatic rings. The summed E-state index contributed by atoms with van der Waals surface area (Å²) in [5.74, 6) is 0.219. The van der Waals surface area contributed by atoms with Gasteiger partial charge in [0.1, 0.15) is 11.5 Å². The number of amides is 1. The minimum absolute atomic E-state index is 0.301. The standard InChI is InChI=1S/C16H14ClNO4/c1-10(19)22-13-6-4-12(5-7-13)18-16(20)11-3-8-15(21-2)14(17)9-11/h3-9H,1-2H3,(H,18,20). The van der Waals surface area contributed by atoms with E-state index in [2.05, 4.69) is 5.32 Å². The van der Waals surface area contributed by atoms with E-state index in [0.717, 1.165) is 0 Å². The highest BCUT2D eigenvalue weighted by Crippen LogP contribution is 2.25. The lowest BCUT2D eigenvalue weighted by atomic mass is 10.2. The molecule has 5 nitrogen and oxygen atoms in total. The molecule has 0 fully saturated rings. The highest BCUT2D eigenvalue weighted by molar-refractivity contribution is 6.32. The number of carbonyl (C=O) groups excluding carboxylic acids is 2. The lowest BCUT2D eigenvalue weighted by Crippen LogP contribution is -2.12. The zero-order valence-electron chi connectivity index (χ0n) is 12.1. The predicted octanol–water partition coefficient (Wildman–Crippen LogP) is 3.53. The summed E-state index contributed by atoms with van der Waals surface area (Å²) < 4.78 is 9.95. The molecule has 0 aliphatic carbocycles. The molecule has 0 saturated carbocycles. The molecule has 2 rings (SSSR count). The van der Waals surface area contributed by atoms with Crippen molar-refractivity contribution in [2.75, 3.05) is 12.4 Å². The average Bonchev–Trinajstić information content (AvgIpc) is 2.48. The Balaban J connectivity index is 2.08. The topological polar surface area (TPSA) is 64.6 Å². The molecular weight excluding hydrogens is 306 g/mol. The molecular formula is C16H14ClNO4. The maximum Gasteiger partial charge on any atom is 0.308 e. The summed E-state index contributed by atoms with van der Waals surface area (Å²) >= 11 is 5.99. The third kappa shape index (κ3) is 3.99. The maximum absolute atomic E-state index is 12.1. The molecule has 1 N–H and O–H groups in total. The van der Waals surface area contributed by atoms with Crippen molar-refractivity contribution in [3.05, 3.63) is 53.1 Å². The first-order valence-corrected chi connectivity index (χ1v) is 6.81. The Kier molecular flexibility index (Phi) is 5.01. The summed E-state index contributed by atoms with van der Waals surface area (Å²) in [6.45, 7) is 1.32. The van der Waals surface area contributed by atoms with Gasteiger partial charge in [0.2, 0.25) is 0 Å². The van der Waals surface area contributed by atoms with Crippen LogP contribution in [-0.2, 0) is 4.79 Å². The lowest BCUT2D eigenvalue weighted by Gasteiger charge is -2.08. The van der Waals surface area contributed by atoms with Crippen molar-refractivity contribution in [2.24, 2.45) is 0 Å². The van der Waals surface area contributed by atoms with Crippen LogP contribution in [0.4, 0.5) is 5.69 Å². The van der Waals surface area contributed by atoms with Crippen LogP contribution < -0.4 is 14.8 Å². The van der Waals surface area contributed by atoms with Crippen LogP contribution in [0.2, 0.25) is 5.02 Å². The minimum atomic E-state index is -0.398. The number of halogens is 1. The minimum Gasteiger partial charge on any atom is -0.495 e. The number of esters is 1. The van der Waals surface area contributed by atoms with Gasteiger partial charge in [-0.15, -0.1) is 0 Å². The number of benzene rings is 2. The molecule has 22 heavy (non-hydrogen) atoms. The van der Waals surface area contributed by atoms with Crippen LogP contribution in [0.25, 0.3) is 0 Å². The van der Waals surface area contributed by atoms with Gasteiger partial charge in [-0.1, -0.05) is 11.6 Å². The number of hydrogen-bond donors (Lipinski definition) is 1. The van der Waals surface area contributed by atoms with Crippen molar-refractivity contribution in [1.29, 1.82) is 0 Å². The van der Waals surface area contributed by atoms with Gasteiger partial charge in [-0.25, -0.2) is 0 Å². The number of methoxy groups -OCH3 is 1. The highest BCUT2D eigenvalue weighted by atomic mass is 35.5. The summed E-state index contributed by atoms with van der Waals surface area (Å²) in [6.07, 6.45) is 0. The highest BCUT2D eigenvalue weighted by Gasteiger charge is 2.09. The Morgan fingerprint density at radius 3 is 2.32 bits per heavy atom. The monoisotopic (exact) mass is 319 g/mol. The molecule has 0 atom stereocenters. The van der Waals surface area contributed by atoms with Gasteiger partial charge < -0.3 is 14.8 Å². The van der Waals surface area contributed by atoms with Gasteiger partial charge in [-0.3, -0.25) is 9.59 Å². The van der Waals surface area contributed by atoms with Crippen LogP contribution >= 0.6 is 11.6 Å². The molecule has 0 saturated heterocycles. The number of ether oxygens (including phenoxy) is 2. The fourth-order valence-electron chi connectivity index (χ4n) is 1.78. The van der Waals surface area contributed by atoms with Crippen molar-refractivity contribution in [3.8, 4) is 11.5 Å². The van der Waals surface area contributed by atoms with Gasteiger partial charge in [0.25, 0.3) is 5.91 Å². The van der Waals surface area contributed by atoms with Crippen molar-refractivity contribution in [1.82, 2.24) is 0 Å². The Labute approximate surface area is 132 Å². The largest absolute Gasteiger partial charge is 0.495 e. The summed E-state index contributed by atoms with van der Waals surface area (Å²) in [5, 5.41) is 3.09. The Hall–Kier alpha value is -2.53. The molecule has 0 aliphatic rings. The number of nitrogens with one attached hydrogen (secondary N) is 1. The quantitative estimate of drug-likeness (QED) is 0.691. The van der Waals surface area contributed by atoms with Gasteiger partial charge in [0.05, 0.1) is 12.1 Å². The van der Waals surface area contributed by atoms with Gasteiger partial charge in [0, 0.05) is 18.2 Å². The van der Waals surface area contributed by atoms with Crippen molar-refractivity contribution < 1.29 is 19.1 Å². The maximum atomic E-state index is 12.1. The third-order valence-corrected chi connectivity index (χ3v) is 3.08. The number of carbonyl (C=O) groups is 2. The van der Waals surface area contributed by atoms with E-state index in [1.807, 2.05) is 0 Å². The number of hydrogen-bond acceptors (Lipinski definition) is 4. The Morgan fingerprint density at radius 2 is 1.77 bits per heavy atom. The zero-order chi connectivity index (χ0) is 16.1. The van der Waals surface area contributed by atoms with E-state index in [4.69, 9.17) is 21.1 Å². The molecule has 0 heterocycles.